The van der Waals surface area contributed by atoms with Gasteiger partial charge in [-0.3, -0.25) is 0 Å². The molecule has 1 unspecified atom stereocenters. The molecule has 1 heteroatoms. The van der Waals surface area contributed by atoms with Crippen LogP contribution in [-0.4, -0.2) is 12.6 Å². The maximum Gasteiger partial charge on any atom is 0.0142 e. The smallest absolute Gasteiger partial charge is 0.0142 e. The summed E-state index contributed by atoms with van der Waals surface area (Å²) < 4.78 is 0. The Kier molecular flexibility index (Phi) is 5.62. The Morgan fingerprint density at radius 2 is 2.43 bits per heavy atom. The molecule has 0 saturated carbocycles. The summed E-state index contributed by atoms with van der Waals surface area (Å²) in [7, 11) is 0. The standard InChI is InChI=1S/C13H23N/c1-3-5-6-8-12-9-10-14-13(11-12)7-4-2/h4,9,13-14H,2-3,5-8,10-11H2,1H3. The summed E-state index contributed by atoms with van der Waals surface area (Å²) in [4.78, 5) is 0. The summed E-state index contributed by atoms with van der Waals surface area (Å²) in [5.74, 6) is 0. The molecular weight excluding hydrogens is 170 g/mol. The molecule has 1 heterocycles. The van der Waals surface area contributed by atoms with Crippen molar-refractivity contribution >= 4 is 0 Å². The third kappa shape index (κ3) is 4.10. The molecule has 0 aromatic carbocycles. The predicted octanol–water partition coefficient (Wildman–Crippen LogP) is 3.43. The summed E-state index contributed by atoms with van der Waals surface area (Å²) >= 11 is 0. The molecule has 1 rings (SSSR count). The van der Waals surface area contributed by atoms with Crippen LogP contribution in [0.1, 0.15) is 45.4 Å². The van der Waals surface area contributed by atoms with Crippen LogP contribution in [0.5, 0.6) is 0 Å². The van der Waals surface area contributed by atoms with Gasteiger partial charge in [-0.05, 0) is 25.7 Å². The van der Waals surface area contributed by atoms with Gasteiger partial charge >= 0.3 is 0 Å². The molecule has 0 radical (unpaired) electrons. The third-order valence-corrected chi connectivity index (χ3v) is 2.86. The molecule has 80 valence electrons. The molecule has 14 heavy (non-hydrogen) atoms. The number of unbranched alkanes of at least 4 members (excludes halogenated alkanes) is 2. The molecule has 0 aromatic rings. The number of hydrogen-bond acceptors (Lipinski definition) is 1. The van der Waals surface area contributed by atoms with Crippen molar-refractivity contribution in [1.29, 1.82) is 0 Å². The van der Waals surface area contributed by atoms with E-state index in [-0.39, 0.29) is 0 Å². The van der Waals surface area contributed by atoms with Crippen molar-refractivity contribution in [2.24, 2.45) is 0 Å². The largest absolute Gasteiger partial charge is 0.310 e. The van der Waals surface area contributed by atoms with Crippen molar-refractivity contribution < 1.29 is 0 Å². The molecule has 0 saturated heterocycles. The Bertz CT molecular complexity index is 193. The molecule has 0 aliphatic carbocycles. The SMILES string of the molecule is C=CCC1CC(CCCCC)=CCN1. The van der Waals surface area contributed by atoms with E-state index in [0.717, 1.165) is 13.0 Å². The van der Waals surface area contributed by atoms with Gasteiger partial charge in [-0.15, -0.1) is 6.58 Å². The predicted molar refractivity (Wildman–Crippen MR) is 63.4 cm³/mol. The van der Waals surface area contributed by atoms with Crippen molar-refractivity contribution in [2.45, 2.75) is 51.5 Å². The van der Waals surface area contributed by atoms with Crippen LogP contribution in [0.4, 0.5) is 0 Å². The van der Waals surface area contributed by atoms with Crippen molar-refractivity contribution in [1.82, 2.24) is 5.32 Å². The van der Waals surface area contributed by atoms with E-state index >= 15 is 0 Å². The van der Waals surface area contributed by atoms with Gasteiger partial charge in [0.25, 0.3) is 0 Å². The summed E-state index contributed by atoms with van der Waals surface area (Å²) in [5.41, 5.74) is 1.66. The summed E-state index contributed by atoms with van der Waals surface area (Å²) in [5, 5.41) is 3.49. The van der Waals surface area contributed by atoms with Gasteiger partial charge in [0, 0.05) is 12.6 Å². The topological polar surface area (TPSA) is 12.0 Å². The second kappa shape index (κ2) is 6.83. The minimum absolute atomic E-state index is 0.647. The molecule has 1 aliphatic rings. The lowest BCUT2D eigenvalue weighted by Crippen LogP contribution is -2.32. The van der Waals surface area contributed by atoms with Crippen LogP contribution in [0.25, 0.3) is 0 Å². The summed E-state index contributed by atoms with van der Waals surface area (Å²) in [6.07, 6.45) is 12.1. The summed E-state index contributed by atoms with van der Waals surface area (Å²) in [6, 6.07) is 0.647. The summed E-state index contributed by atoms with van der Waals surface area (Å²) in [6.45, 7) is 7.11. The van der Waals surface area contributed by atoms with Crippen LogP contribution in [0.3, 0.4) is 0 Å². The average molecular weight is 193 g/mol. The second-order valence-corrected chi connectivity index (χ2v) is 4.15. The van der Waals surface area contributed by atoms with Crippen LogP contribution in [0, 0.1) is 0 Å². The van der Waals surface area contributed by atoms with Crippen LogP contribution in [0.2, 0.25) is 0 Å². The first kappa shape index (κ1) is 11.5. The molecule has 0 aromatic heterocycles. The third-order valence-electron chi connectivity index (χ3n) is 2.86. The Morgan fingerprint density at radius 3 is 3.14 bits per heavy atom. The maximum atomic E-state index is 3.80. The zero-order chi connectivity index (χ0) is 10.2. The van der Waals surface area contributed by atoms with Crippen LogP contribution in [0.15, 0.2) is 24.3 Å². The van der Waals surface area contributed by atoms with Gasteiger partial charge < -0.3 is 5.32 Å². The van der Waals surface area contributed by atoms with Crippen molar-refractivity contribution in [3.8, 4) is 0 Å². The monoisotopic (exact) mass is 193 g/mol. The second-order valence-electron chi connectivity index (χ2n) is 4.15. The van der Waals surface area contributed by atoms with E-state index in [4.69, 9.17) is 0 Å². The number of rotatable bonds is 6. The first-order valence-corrected chi connectivity index (χ1v) is 5.89. The molecule has 0 amide bonds. The van der Waals surface area contributed by atoms with Gasteiger partial charge in [0.05, 0.1) is 0 Å². The van der Waals surface area contributed by atoms with Gasteiger partial charge in [0.1, 0.15) is 0 Å². The van der Waals surface area contributed by atoms with E-state index in [9.17, 15) is 0 Å². The average Bonchev–Trinajstić information content (AvgIpc) is 2.19. The van der Waals surface area contributed by atoms with Crippen LogP contribution >= 0.6 is 0 Å². The highest BCUT2D eigenvalue weighted by Crippen LogP contribution is 2.18. The Balaban J connectivity index is 2.24. The van der Waals surface area contributed by atoms with E-state index in [0.29, 0.717) is 6.04 Å². The van der Waals surface area contributed by atoms with E-state index in [1.165, 1.54) is 32.1 Å². The molecule has 1 aliphatic heterocycles. The van der Waals surface area contributed by atoms with E-state index in [1.807, 2.05) is 6.08 Å². The Hall–Kier alpha value is -0.560. The van der Waals surface area contributed by atoms with Crippen molar-refractivity contribution in [3.05, 3.63) is 24.3 Å². The van der Waals surface area contributed by atoms with Gasteiger partial charge in [0.15, 0.2) is 0 Å². The van der Waals surface area contributed by atoms with Crippen molar-refractivity contribution in [3.63, 3.8) is 0 Å². The molecule has 0 bridgehead atoms. The quantitative estimate of drug-likeness (QED) is 0.503. The fourth-order valence-electron chi connectivity index (χ4n) is 2.02. The minimum atomic E-state index is 0.647. The molecule has 1 atom stereocenters. The number of hydrogen-bond donors (Lipinski definition) is 1. The van der Waals surface area contributed by atoms with Crippen molar-refractivity contribution in [2.75, 3.05) is 6.54 Å². The first-order valence-electron chi connectivity index (χ1n) is 5.89. The lowest BCUT2D eigenvalue weighted by atomic mass is 9.95. The fourth-order valence-corrected chi connectivity index (χ4v) is 2.02. The van der Waals surface area contributed by atoms with Gasteiger partial charge in [-0.1, -0.05) is 37.5 Å². The lowest BCUT2D eigenvalue weighted by Gasteiger charge is -2.23. The van der Waals surface area contributed by atoms with Crippen LogP contribution < -0.4 is 5.32 Å². The van der Waals surface area contributed by atoms with E-state index in [2.05, 4.69) is 24.9 Å². The van der Waals surface area contributed by atoms with Gasteiger partial charge in [0.2, 0.25) is 0 Å². The molecule has 1 nitrogen and oxygen atoms in total. The fraction of sp³-hybridized carbons (Fsp3) is 0.692. The molecule has 0 spiro atoms. The first-order chi connectivity index (χ1) is 6.86. The molecule has 0 fully saturated rings. The van der Waals surface area contributed by atoms with Gasteiger partial charge in [-0.25, -0.2) is 0 Å². The normalized spacial score (nSPS) is 21.8. The lowest BCUT2D eigenvalue weighted by molar-refractivity contribution is 0.504. The zero-order valence-electron chi connectivity index (χ0n) is 9.39. The Morgan fingerprint density at radius 1 is 1.57 bits per heavy atom. The minimum Gasteiger partial charge on any atom is -0.310 e. The highest BCUT2D eigenvalue weighted by atomic mass is 14.9. The molecule has 1 N–H and O–H groups in total. The van der Waals surface area contributed by atoms with E-state index in [1.54, 1.807) is 5.57 Å². The highest BCUT2D eigenvalue weighted by molar-refractivity contribution is 5.10. The highest BCUT2D eigenvalue weighted by Gasteiger charge is 2.12. The van der Waals surface area contributed by atoms with Gasteiger partial charge in [-0.2, -0.15) is 0 Å². The number of nitrogens with one attached hydrogen (secondary N) is 1. The molecular formula is C13H23N. The zero-order valence-corrected chi connectivity index (χ0v) is 9.39. The maximum absolute atomic E-state index is 3.80. The van der Waals surface area contributed by atoms with E-state index < -0.39 is 0 Å². The van der Waals surface area contributed by atoms with Crippen LogP contribution in [-0.2, 0) is 0 Å². The Labute approximate surface area is 88.3 Å².